The van der Waals surface area contributed by atoms with Gasteiger partial charge in [0.05, 0.1) is 21.8 Å². The number of anilines is 1. The summed E-state index contributed by atoms with van der Waals surface area (Å²) in [4.78, 5) is 13.6. The molecule has 0 spiro atoms. The van der Waals surface area contributed by atoms with Crippen LogP contribution >= 0.6 is 22.6 Å². The lowest BCUT2D eigenvalue weighted by atomic mass is 10.3. The Morgan fingerprint density at radius 3 is 2.65 bits per heavy atom. The molecule has 0 saturated carbocycles. The first kappa shape index (κ1) is 15.2. The molecule has 0 aliphatic rings. The van der Waals surface area contributed by atoms with E-state index < -0.39 is 0 Å². The molecule has 0 fully saturated rings. The topological polar surface area (TPSA) is 55.6 Å². The van der Waals surface area contributed by atoms with E-state index >= 15 is 0 Å². The third kappa shape index (κ3) is 2.94. The van der Waals surface area contributed by atoms with E-state index in [4.69, 9.17) is 4.98 Å². The van der Waals surface area contributed by atoms with E-state index in [1.54, 1.807) is 0 Å². The highest BCUT2D eigenvalue weighted by molar-refractivity contribution is 14.1. The summed E-state index contributed by atoms with van der Waals surface area (Å²) in [6, 6.07) is 0.336. The van der Waals surface area contributed by atoms with Crippen molar-refractivity contribution in [3.8, 4) is 11.5 Å². The van der Waals surface area contributed by atoms with Gasteiger partial charge in [-0.3, -0.25) is 0 Å². The first-order valence-corrected chi connectivity index (χ1v) is 7.98. The first-order valence-electron chi connectivity index (χ1n) is 6.90. The Morgan fingerprint density at radius 2 is 2.05 bits per heavy atom. The fourth-order valence-electron chi connectivity index (χ4n) is 2.02. The van der Waals surface area contributed by atoms with Gasteiger partial charge < -0.3 is 9.88 Å². The number of imidazole rings is 1. The average Bonchev–Trinajstić information content (AvgIpc) is 2.90. The van der Waals surface area contributed by atoms with Crippen LogP contribution in [-0.2, 0) is 6.42 Å². The van der Waals surface area contributed by atoms with Gasteiger partial charge in [-0.25, -0.2) is 15.0 Å². The standard InChI is InChI=1S/C14H20IN5/c1-5-10-12(15)14(17-6-2)19-13(18-10)11-7-16-8-20(11)9(3)4/h7-9H,5-6H2,1-4H3,(H,17,18,19). The number of nitrogens with zero attached hydrogens (tertiary/aromatic N) is 4. The normalized spacial score (nSPS) is 11.1. The minimum Gasteiger partial charge on any atom is -0.369 e. The summed E-state index contributed by atoms with van der Waals surface area (Å²) in [5.41, 5.74) is 2.04. The number of aryl methyl sites for hydroxylation is 1. The third-order valence-electron chi connectivity index (χ3n) is 3.05. The van der Waals surface area contributed by atoms with Crippen LogP contribution in [0.25, 0.3) is 11.5 Å². The second-order valence-corrected chi connectivity index (χ2v) is 5.90. The maximum atomic E-state index is 4.70. The monoisotopic (exact) mass is 385 g/mol. The minimum absolute atomic E-state index is 0.336. The predicted molar refractivity (Wildman–Crippen MR) is 89.9 cm³/mol. The molecule has 2 heterocycles. The summed E-state index contributed by atoms with van der Waals surface area (Å²) in [5, 5.41) is 3.31. The van der Waals surface area contributed by atoms with E-state index in [9.17, 15) is 0 Å². The molecule has 0 aliphatic carbocycles. The van der Waals surface area contributed by atoms with E-state index in [2.05, 4.69) is 70.1 Å². The van der Waals surface area contributed by atoms with Crippen LogP contribution in [0.2, 0.25) is 0 Å². The lowest BCUT2D eigenvalue weighted by molar-refractivity contribution is 0.603. The summed E-state index contributed by atoms with van der Waals surface area (Å²) in [6.45, 7) is 9.29. The maximum Gasteiger partial charge on any atom is 0.180 e. The summed E-state index contributed by atoms with van der Waals surface area (Å²) < 4.78 is 3.20. The van der Waals surface area contributed by atoms with E-state index in [1.165, 1.54) is 0 Å². The van der Waals surface area contributed by atoms with Crippen LogP contribution in [0.1, 0.15) is 39.4 Å². The number of hydrogen-bond acceptors (Lipinski definition) is 4. The molecule has 20 heavy (non-hydrogen) atoms. The van der Waals surface area contributed by atoms with Gasteiger partial charge in [-0.15, -0.1) is 0 Å². The van der Waals surface area contributed by atoms with Crippen molar-refractivity contribution < 1.29 is 0 Å². The van der Waals surface area contributed by atoms with E-state index in [0.717, 1.165) is 39.6 Å². The molecular formula is C14H20IN5. The molecule has 2 aromatic rings. The van der Waals surface area contributed by atoms with Crippen molar-refractivity contribution in [1.82, 2.24) is 19.5 Å². The molecule has 0 atom stereocenters. The van der Waals surface area contributed by atoms with Crippen LogP contribution in [-0.4, -0.2) is 26.1 Å². The van der Waals surface area contributed by atoms with Crippen molar-refractivity contribution in [3.05, 3.63) is 21.8 Å². The van der Waals surface area contributed by atoms with Crippen molar-refractivity contribution in [2.24, 2.45) is 0 Å². The first-order chi connectivity index (χ1) is 9.58. The highest BCUT2D eigenvalue weighted by atomic mass is 127. The van der Waals surface area contributed by atoms with Crippen molar-refractivity contribution >= 4 is 28.4 Å². The van der Waals surface area contributed by atoms with E-state index in [0.29, 0.717) is 6.04 Å². The fraction of sp³-hybridized carbons (Fsp3) is 0.500. The Balaban J connectivity index is 2.56. The second-order valence-electron chi connectivity index (χ2n) is 4.82. The van der Waals surface area contributed by atoms with Crippen molar-refractivity contribution in [2.75, 3.05) is 11.9 Å². The third-order valence-corrected chi connectivity index (χ3v) is 4.18. The highest BCUT2D eigenvalue weighted by Crippen LogP contribution is 2.25. The van der Waals surface area contributed by atoms with Crippen molar-refractivity contribution in [1.29, 1.82) is 0 Å². The number of halogens is 1. The lowest BCUT2D eigenvalue weighted by Crippen LogP contribution is -2.10. The zero-order chi connectivity index (χ0) is 14.7. The number of nitrogens with one attached hydrogen (secondary N) is 1. The molecule has 5 nitrogen and oxygen atoms in total. The van der Waals surface area contributed by atoms with Crippen LogP contribution in [0.4, 0.5) is 5.82 Å². The number of hydrogen-bond donors (Lipinski definition) is 1. The molecule has 1 N–H and O–H groups in total. The molecule has 2 rings (SSSR count). The molecule has 0 aromatic carbocycles. The van der Waals surface area contributed by atoms with Crippen LogP contribution in [0, 0.1) is 3.57 Å². The smallest absolute Gasteiger partial charge is 0.180 e. The fourth-order valence-corrected chi connectivity index (χ4v) is 2.83. The number of aromatic nitrogens is 4. The summed E-state index contributed by atoms with van der Waals surface area (Å²) in [7, 11) is 0. The Labute approximate surface area is 133 Å². The molecular weight excluding hydrogens is 365 g/mol. The SMILES string of the molecule is CCNc1nc(-c2cncn2C(C)C)nc(CC)c1I. The summed E-state index contributed by atoms with van der Waals surface area (Å²) in [6.07, 6.45) is 4.55. The second kappa shape index (κ2) is 6.51. The molecule has 6 heteroatoms. The quantitative estimate of drug-likeness (QED) is 0.801. The van der Waals surface area contributed by atoms with Gasteiger partial charge in [0, 0.05) is 12.6 Å². The Hall–Kier alpha value is -1.18. The van der Waals surface area contributed by atoms with Gasteiger partial charge in [0.1, 0.15) is 11.5 Å². The summed E-state index contributed by atoms with van der Waals surface area (Å²) in [5.74, 6) is 1.65. The zero-order valence-electron chi connectivity index (χ0n) is 12.3. The van der Waals surface area contributed by atoms with Crippen LogP contribution in [0.5, 0.6) is 0 Å². The predicted octanol–water partition coefficient (Wildman–Crippen LogP) is 3.52. The minimum atomic E-state index is 0.336. The van der Waals surface area contributed by atoms with Gasteiger partial charge in [-0.1, -0.05) is 6.92 Å². The van der Waals surface area contributed by atoms with E-state index in [1.807, 2.05) is 12.5 Å². The molecule has 0 amide bonds. The molecule has 0 bridgehead atoms. The van der Waals surface area contributed by atoms with Gasteiger partial charge in [-0.2, -0.15) is 0 Å². The van der Waals surface area contributed by atoms with Crippen LogP contribution < -0.4 is 5.32 Å². The largest absolute Gasteiger partial charge is 0.369 e. The highest BCUT2D eigenvalue weighted by Gasteiger charge is 2.15. The van der Waals surface area contributed by atoms with E-state index in [-0.39, 0.29) is 0 Å². The van der Waals surface area contributed by atoms with Crippen molar-refractivity contribution in [2.45, 2.75) is 40.2 Å². The van der Waals surface area contributed by atoms with Gasteiger partial charge in [0.2, 0.25) is 0 Å². The van der Waals surface area contributed by atoms with Gasteiger partial charge in [-0.05, 0) is 49.8 Å². The zero-order valence-corrected chi connectivity index (χ0v) is 14.5. The lowest BCUT2D eigenvalue weighted by Gasteiger charge is -2.14. The van der Waals surface area contributed by atoms with Gasteiger partial charge in [0.25, 0.3) is 0 Å². The Kier molecular flexibility index (Phi) is 4.95. The Morgan fingerprint density at radius 1 is 1.30 bits per heavy atom. The molecule has 0 radical (unpaired) electrons. The molecule has 0 saturated heterocycles. The molecule has 108 valence electrons. The van der Waals surface area contributed by atoms with Crippen LogP contribution in [0.15, 0.2) is 12.5 Å². The molecule has 2 aromatic heterocycles. The average molecular weight is 385 g/mol. The maximum absolute atomic E-state index is 4.70. The summed E-state index contributed by atoms with van der Waals surface area (Å²) >= 11 is 2.31. The molecule has 0 unspecified atom stereocenters. The van der Waals surface area contributed by atoms with Gasteiger partial charge in [0.15, 0.2) is 5.82 Å². The molecule has 0 aliphatic heterocycles. The van der Waals surface area contributed by atoms with Crippen LogP contribution in [0.3, 0.4) is 0 Å². The Bertz CT molecular complexity index is 591. The van der Waals surface area contributed by atoms with Gasteiger partial charge >= 0.3 is 0 Å². The number of rotatable bonds is 5. The van der Waals surface area contributed by atoms with Crippen molar-refractivity contribution in [3.63, 3.8) is 0 Å².